The molecule has 0 aliphatic carbocycles. The number of ether oxygens (including phenoxy) is 1. The van der Waals surface area contributed by atoms with Crippen LogP contribution in [0.5, 0.6) is 11.6 Å². The van der Waals surface area contributed by atoms with E-state index >= 15 is 0 Å². The van der Waals surface area contributed by atoms with E-state index in [9.17, 15) is 5.11 Å². The van der Waals surface area contributed by atoms with Crippen LogP contribution in [0.1, 0.15) is 24.5 Å². The number of aromatic nitrogens is 1. The zero-order valence-electron chi connectivity index (χ0n) is 11.6. The molecule has 1 N–H and O–H groups in total. The second-order valence-electron chi connectivity index (χ2n) is 4.46. The van der Waals surface area contributed by atoms with Gasteiger partial charge in [-0.2, -0.15) is 5.26 Å². The lowest BCUT2D eigenvalue weighted by Crippen LogP contribution is -1.94. The van der Waals surface area contributed by atoms with Gasteiger partial charge in [-0.3, -0.25) is 0 Å². The van der Waals surface area contributed by atoms with Crippen molar-refractivity contribution in [3.05, 3.63) is 41.5 Å². The SMILES string of the molecule is CCCc1cc(-c2ccc(C#N)c(OC)n2)ccc1O. The van der Waals surface area contributed by atoms with Gasteiger partial charge < -0.3 is 9.84 Å². The van der Waals surface area contributed by atoms with Crippen molar-refractivity contribution >= 4 is 0 Å². The van der Waals surface area contributed by atoms with Gasteiger partial charge in [0.1, 0.15) is 17.4 Å². The van der Waals surface area contributed by atoms with Crippen molar-refractivity contribution < 1.29 is 9.84 Å². The number of benzene rings is 1. The Hall–Kier alpha value is -2.54. The average Bonchev–Trinajstić information content (AvgIpc) is 2.49. The van der Waals surface area contributed by atoms with Crippen LogP contribution in [-0.2, 0) is 6.42 Å². The Morgan fingerprint density at radius 1 is 1.30 bits per heavy atom. The monoisotopic (exact) mass is 268 g/mol. The Balaban J connectivity index is 2.46. The van der Waals surface area contributed by atoms with Crippen molar-refractivity contribution in [3.8, 4) is 29.0 Å². The summed E-state index contributed by atoms with van der Waals surface area (Å²) in [7, 11) is 1.49. The predicted octanol–water partition coefficient (Wildman–Crippen LogP) is 3.29. The highest BCUT2D eigenvalue weighted by Crippen LogP contribution is 2.27. The largest absolute Gasteiger partial charge is 0.508 e. The van der Waals surface area contributed by atoms with Gasteiger partial charge in [-0.15, -0.1) is 0 Å². The van der Waals surface area contributed by atoms with E-state index in [1.807, 2.05) is 18.2 Å². The Morgan fingerprint density at radius 2 is 2.10 bits per heavy atom. The second kappa shape index (κ2) is 6.07. The van der Waals surface area contributed by atoms with Crippen LogP contribution in [0.15, 0.2) is 30.3 Å². The highest BCUT2D eigenvalue weighted by Gasteiger charge is 2.09. The number of phenolic OH excluding ortho intramolecular Hbond substituents is 1. The topological polar surface area (TPSA) is 66.1 Å². The summed E-state index contributed by atoms with van der Waals surface area (Å²) >= 11 is 0. The molecule has 4 nitrogen and oxygen atoms in total. The van der Waals surface area contributed by atoms with Crippen molar-refractivity contribution in [2.24, 2.45) is 0 Å². The van der Waals surface area contributed by atoms with Crippen LogP contribution in [-0.4, -0.2) is 17.2 Å². The molecule has 1 heterocycles. The molecule has 2 aromatic rings. The number of aromatic hydroxyl groups is 1. The zero-order valence-corrected chi connectivity index (χ0v) is 11.6. The second-order valence-corrected chi connectivity index (χ2v) is 4.46. The quantitative estimate of drug-likeness (QED) is 0.924. The van der Waals surface area contributed by atoms with Gasteiger partial charge in [0.05, 0.1) is 12.8 Å². The van der Waals surface area contributed by atoms with E-state index < -0.39 is 0 Å². The van der Waals surface area contributed by atoms with Gasteiger partial charge in [0.25, 0.3) is 0 Å². The number of nitriles is 1. The molecule has 0 amide bonds. The fourth-order valence-corrected chi connectivity index (χ4v) is 2.06. The molecule has 20 heavy (non-hydrogen) atoms. The first-order valence-electron chi connectivity index (χ1n) is 6.47. The van der Waals surface area contributed by atoms with Crippen molar-refractivity contribution in [3.63, 3.8) is 0 Å². The van der Waals surface area contributed by atoms with Gasteiger partial charge in [-0.05, 0) is 42.3 Å². The molecule has 0 bridgehead atoms. The van der Waals surface area contributed by atoms with Crippen LogP contribution >= 0.6 is 0 Å². The minimum absolute atomic E-state index is 0.302. The molecule has 0 radical (unpaired) electrons. The van der Waals surface area contributed by atoms with Crippen molar-refractivity contribution in [1.82, 2.24) is 4.98 Å². The molecule has 1 aromatic heterocycles. The van der Waals surface area contributed by atoms with Crippen LogP contribution in [0.2, 0.25) is 0 Å². The molecule has 4 heteroatoms. The number of hydrogen-bond donors (Lipinski definition) is 1. The first-order valence-corrected chi connectivity index (χ1v) is 6.47. The fourth-order valence-electron chi connectivity index (χ4n) is 2.06. The standard InChI is InChI=1S/C16H16N2O2/c1-3-4-12-9-11(6-8-15(12)19)14-7-5-13(10-17)16(18-14)20-2/h5-9,19H,3-4H2,1-2H3. The van der Waals surface area contributed by atoms with E-state index in [0.717, 1.165) is 29.7 Å². The molecule has 2 rings (SSSR count). The van der Waals surface area contributed by atoms with Crippen LogP contribution in [0.4, 0.5) is 0 Å². The lowest BCUT2D eigenvalue weighted by molar-refractivity contribution is 0.397. The van der Waals surface area contributed by atoms with Crippen LogP contribution in [0, 0.1) is 11.3 Å². The smallest absolute Gasteiger partial charge is 0.231 e. The predicted molar refractivity (Wildman–Crippen MR) is 76.6 cm³/mol. The molecular formula is C16H16N2O2. The average molecular weight is 268 g/mol. The van der Waals surface area contributed by atoms with E-state index in [-0.39, 0.29) is 0 Å². The maximum Gasteiger partial charge on any atom is 0.231 e. The van der Waals surface area contributed by atoms with Crippen molar-refractivity contribution in [2.45, 2.75) is 19.8 Å². The molecular weight excluding hydrogens is 252 g/mol. The third-order valence-electron chi connectivity index (χ3n) is 3.07. The minimum atomic E-state index is 0.302. The first-order chi connectivity index (χ1) is 9.69. The number of hydrogen-bond acceptors (Lipinski definition) is 4. The van der Waals surface area contributed by atoms with Crippen molar-refractivity contribution in [1.29, 1.82) is 5.26 Å². The molecule has 0 saturated carbocycles. The minimum Gasteiger partial charge on any atom is -0.508 e. The highest BCUT2D eigenvalue weighted by molar-refractivity contribution is 5.63. The summed E-state index contributed by atoms with van der Waals surface area (Å²) < 4.78 is 5.12. The number of rotatable bonds is 4. The van der Waals surface area contributed by atoms with Crippen LogP contribution < -0.4 is 4.74 Å². The summed E-state index contributed by atoms with van der Waals surface area (Å²) in [5.74, 6) is 0.617. The van der Waals surface area contributed by atoms with E-state index in [0.29, 0.717) is 17.2 Å². The Kier molecular flexibility index (Phi) is 4.21. The third kappa shape index (κ3) is 2.72. The van der Waals surface area contributed by atoms with E-state index in [1.165, 1.54) is 7.11 Å². The molecule has 0 fully saturated rings. The lowest BCUT2D eigenvalue weighted by Gasteiger charge is -2.08. The molecule has 0 unspecified atom stereocenters. The van der Waals surface area contributed by atoms with Gasteiger partial charge >= 0.3 is 0 Å². The molecule has 0 atom stereocenters. The van der Waals surface area contributed by atoms with Gasteiger partial charge in [0.2, 0.25) is 5.88 Å². The van der Waals surface area contributed by atoms with Crippen molar-refractivity contribution in [2.75, 3.05) is 7.11 Å². The molecule has 0 aliphatic heterocycles. The normalized spacial score (nSPS) is 10.1. The van der Waals surface area contributed by atoms with Gasteiger partial charge in [0.15, 0.2) is 0 Å². The Morgan fingerprint density at radius 3 is 2.75 bits per heavy atom. The molecule has 0 spiro atoms. The maximum atomic E-state index is 9.81. The summed E-state index contributed by atoms with van der Waals surface area (Å²) in [6.45, 7) is 2.06. The number of nitrogens with zero attached hydrogens (tertiary/aromatic N) is 2. The summed E-state index contributed by atoms with van der Waals surface area (Å²) in [5.41, 5.74) is 2.92. The molecule has 1 aromatic carbocycles. The summed E-state index contributed by atoms with van der Waals surface area (Å²) in [4.78, 5) is 4.34. The van der Waals surface area contributed by atoms with E-state index in [4.69, 9.17) is 10.00 Å². The Bertz CT molecular complexity index is 660. The Labute approximate surface area is 118 Å². The lowest BCUT2D eigenvalue weighted by atomic mass is 10.0. The first kappa shape index (κ1) is 13.9. The summed E-state index contributed by atoms with van der Waals surface area (Å²) in [6.07, 6.45) is 1.77. The van der Waals surface area contributed by atoms with Crippen LogP contribution in [0.25, 0.3) is 11.3 Å². The fraction of sp³-hybridized carbons (Fsp3) is 0.250. The molecule has 0 aliphatic rings. The number of phenols is 1. The summed E-state index contributed by atoms with van der Waals surface area (Å²) in [5, 5.41) is 18.8. The zero-order chi connectivity index (χ0) is 14.5. The van der Waals surface area contributed by atoms with Crippen LogP contribution in [0.3, 0.4) is 0 Å². The van der Waals surface area contributed by atoms with Gasteiger partial charge in [0, 0.05) is 5.56 Å². The van der Waals surface area contributed by atoms with E-state index in [1.54, 1.807) is 18.2 Å². The van der Waals surface area contributed by atoms with E-state index in [2.05, 4.69) is 11.9 Å². The number of aryl methyl sites for hydroxylation is 1. The third-order valence-corrected chi connectivity index (χ3v) is 3.07. The maximum absolute atomic E-state index is 9.81. The highest BCUT2D eigenvalue weighted by atomic mass is 16.5. The van der Waals surface area contributed by atoms with Gasteiger partial charge in [-0.1, -0.05) is 13.3 Å². The van der Waals surface area contributed by atoms with Gasteiger partial charge in [-0.25, -0.2) is 4.98 Å². The number of methoxy groups -OCH3 is 1. The summed E-state index contributed by atoms with van der Waals surface area (Å²) in [6, 6.07) is 10.9. The molecule has 102 valence electrons. The number of pyridine rings is 1. The molecule has 0 saturated heterocycles.